The van der Waals surface area contributed by atoms with Crippen LogP contribution in [0.5, 0.6) is 0 Å². The van der Waals surface area contributed by atoms with Crippen molar-refractivity contribution in [3.05, 3.63) is 0 Å². The second kappa shape index (κ2) is 5.25. The third-order valence-electron chi connectivity index (χ3n) is 2.86. The molecule has 0 amide bonds. The van der Waals surface area contributed by atoms with E-state index in [9.17, 15) is 13.2 Å². The largest absolute Gasteiger partial charge is 0.381 e. The van der Waals surface area contributed by atoms with E-state index in [2.05, 4.69) is 0 Å². The summed E-state index contributed by atoms with van der Waals surface area (Å²) in [6.45, 7) is 1.02. The number of Topliss-reactive ketones (excluding diaryl/α,β-unsaturated/α-hetero) is 1. The molecule has 6 heteroatoms. The monoisotopic (exact) mass is 249 g/mol. The van der Waals surface area contributed by atoms with E-state index in [1.165, 1.54) is 6.26 Å². The number of hydrogen-bond donors (Lipinski definition) is 1. The topological polar surface area (TPSA) is 86.5 Å². The Morgan fingerprint density at radius 3 is 2.44 bits per heavy atom. The summed E-state index contributed by atoms with van der Waals surface area (Å²) >= 11 is 0. The van der Waals surface area contributed by atoms with E-state index in [4.69, 9.17) is 10.5 Å². The fourth-order valence-electron chi connectivity index (χ4n) is 1.76. The van der Waals surface area contributed by atoms with Crippen LogP contribution in [0.2, 0.25) is 0 Å². The number of rotatable bonds is 5. The van der Waals surface area contributed by atoms with Crippen molar-refractivity contribution in [3.63, 3.8) is 0 Å². The molecule has 0 bridgehead atoms. The van der Waals surface area contributed by atoms with Crippen LogP contribution >= 0.6 is 0 Å². The fourth-order valence-corrected chi connectivity index (χ4v) is 2.43. The summed E-state index contributed by atoms with van der Waals surface area (Å²) in [5, 5.41) is 0. The molecule has 5 nitrogen and oxygen atoms in total. The predicted octanol–water partition coefficient (Wildman–Crippen LogP) is -0.112. The Morgan fingerprint density at radius 1 is 1.38 bits per heavy atom. The summed E-state index contributed by atoms with van der Waals surface area (Å²) in [4.78, 5) is 11.8. The molecule has 1 rings (SSSR count). The zero-order valence-corrected chi connectivity index (χ0v) is 10.4. The maximum atomic E-state index is 11.8. The van der Waals surface area contributed by atoms with Gasteiger partial charge < -0.3 is 10.5 Å². The van der Waals surface area contributed by atoms with Crippen molar-refractivity contribution in [2.24, 2.45) is 5.73 Å². The van der Waals surface area contributed by atoms with Crippen molar-refractivity contribution >= 4 is 15.6 Å². The minimum absolute atomic E-state index is 0.0422. The summed E-state index contributed by atoms with van der Waals surface area (Å²) in [6, 6.07) is 0. The van der Waals surface area contributed by atoms with Crippen molar-refractivity contribution in [1.82, 2.24) is 0 Å². The number of hydrogen-bond acceptors (Lipinski definition) is 5. The Balaban J connectivity index is 2.39. The van der Waals surface area contributed by atoms with Crippen LogP contribution in [0.1, 0.15) is 25.7 Å². The van der Waals surface area contributed by atoms with Gasteiger partial charge in [0.15, 0.2) is 5.78 Å². The number of carbonyl (C=O) groups excluding carboxylic acids is 1. The number of ketones is 1. The maximum absolute atomic E-state index is 11.8. The lowest BCUT2D eigenvalue weighted by Gasteiger charge is -2.31. The van der Waals surface area contributed by atoms with E-state index in [-0.39, 0.29) is 18.0 Å². The zero-order chi connectivity index (χ0) is 12.2. The molecule has 1 fully saturated rings. The van der Waals surface area contributed by atoms with Gasteiger partial charge in [-0.1, -0.05) is 0 Å². The number of carbonyl (C=O) groups is 1. The van der Waals surface area contributed by atoms with Gasteiger partial charge in [-0.3, -0.25) is 4.79 Å². The molecular formula is C10H19NO4S. The van der Waals surface area contributed by atoms with Crippen LogP contribution in [-0.4, -0.2) is 45.0 Å². The average Bonchev–Trinajstić information content (AvgIpc) is 2.16. The Kier molecular flexibility index (Phi) is 4.46. The molecule has 0 radical (unpaired) electrons. The van der Waals surface area contributed by atoms with Crippen LogP contribution in [-0.2, 0) is 19.4 Å². The molecule has 1 saturated heterocycles. The molecule has 0 saturated carbocycles. The summed E-state index contributed by atoms with van der Waals surface area (Å²) in [6.07, 6.45) is 2.83. The van der Waals surface area contributed by atoms with E-state index in [0.717, 1.165) is 0 Å². The number of ether oxygens (including phenoxy) is 1. The standard InChI is InChI=1S/C10H19NO4S/c1-16(13,14)8-2-3-9(12)10(11)4-6-15-7-5-10/h2-8,11H2,1H3. The van der Waals surface area contributed by atoms with Gasteiger partial charge in [-0.05, 0) is 19.3 Å². The van der Waals surface area contributed by atoms with Crippen molar-refractivity contribution in [2.75, 3.05) is 25.2 Å². The molecule has 1 aliphatic heterocycles. The van der Waals surface area contributed by atoms with Crippen molar-refractivity contribution in [1.29, 1.82) is 0 Å². The van der Waals surface area contributed by atoms with Crippen LogP contribution < -0.4 is 5.73 Å². The minimum atomic E-state index is -2.99. The van der Waals surface area contributed by atoms with E-state index in [1.54, 1.807) is 0 Å². The highest BCUT2D eigenvalue weighted by Gasteiger charge is 2.34. The Bertz CT molecular complexity index is 344. The normalized spacial score (nSPS) is 20.6. The molecule has 16 heavy (non-hydrogen) atoms. The SMILES string of the molecule is CS(=O)(=O)CCCC(=O)C1(N)CCOCC1. The van der Waals surface area contributed by atoms with Gasteiger partial charge in [0.2, 0.25) is 0 Å². The second-order valence-corrected chi connectivity index (χ2v) is 6.68. The molecule has 0 aromatic heterocycles. The van der Waals surface area contributed by atoms with Gasteiger partial charge in [0.25, 0.3) is 0 Å². The second-order valence-electron chi connectivity index (χ2n) is 4.43. The molecular weight excluding hydrogens is 230 g/mol. The summed E-state index contributed by atoms with van der Waals surface area (Å²) in [7, 11) is -2.99. The van der Waals surface area contributed by atoms with Gasteiger partial charge in [-0.25, -0.2) is 8.42 Å². The van der Waals surface area contributed by atoms with E-state index in [1.807, 2.05) is 0 Å². The number of sulfone groups is 1. The lowest BCUT2D eigenvalue weighted by atomic mass is 9.85. The summed E-state index contributed by atoms with van der Waals surface area (Å²) < 4.78 is 27.0. The highest BCUT2D eigenvalue weighted by atomic mass is 32.2. The third-order valence-corrected chi connectivity index (χ3v) is 3.89. The van der Waals surface area contributed by atoms with Crippen LogP contribution in [0.15, 0.2) is 0 Å². The summed E-state index contributed by atoms with van der Waals surface area (Å²) in [5.74, 6) is 0.00477. The molecule has 0 unspecified atom stereocenters. The van der Waals surface area contributed by atoms with Gasteiger partial charge in [-0.2, -0.15) is 0 Å². The lowest BCUT2D eigenvalue weighted by molar-refractivity contribution is -0.127. The molecule has 0 aromatic carbocycles. The van der Waals surface area contributed by atoms with Crippen LogP contribution in [0.3, 0.4) is 0 Å². The molecule has 1 aliphatic rings. The predicted molar refractivity (Wildman–Crippen MR) is 60.9 cm³/mol. The molecule has 1 heterocycles. The van der Waals surface area contributed by atoms with Crippen LogP contribution in [0, 0.1) is 0 Å². The first-order chi connectivity index (χ1) is 7.33. The van der Waals surface area contributed by atoms with Gasteiger partial charge in [0.05, 0.1) is 11.3 Å². The Morgan fingerprint density at radius 2 is 1.94 bits per heavy atom. The van der Waals surface area contributed by atoms with E-state index >= 15 is 0 Å². The molecule has 0 spiro atoms. The fraction of sp³-hybridized carbons (Fsp3) is 0.900. The lowest BCUT2D eigenvalue weighted by Crippen LogP contribution is -2.51. The van der Waals surface area contributed by atoms with Crippen molar-refractivity contribution < 1.29 is 17.9 Å². The van der Waals surface area contributed by atoms with E-state index < -0.39 is 15.4 Å². The minimum Gasteiger partial charge on any atom is -0.381 e. The Labute approximate surface area is 96.3 Å². The quantitative estimate of drug-likeness (QED) is 0.734. The molecule has 0 aromatic rings. The highest BCUT2D eigenvalue weighted by molar-refractivity contribution is 7.90. The third kappa shape index (κ3) is 4.19. The first-order valence-corrected chi connectivity index (χ1v) is 7.47. The smallest absolute Gasteiger partial charge is 0.152 e. The van der Waals surface area contributed by atoms with Gasteiger partial charge in [-0.15, -0.1) is 0 Å². The van der Waals surface area contributed by atoms with Crippen molar-refractivity contribution in [2.45, 2.75) is 31.2 Å². The Hall–Kier alpha value is -0.460. The average molecular weight is 249 g/mol. The molecule has 2 N–H and O–H groups in total. The van der Waals surface area contributed by atoms with Crippen LogP contribution in [0.4, 0.5) is 0 Å². The first kappa shape index (κ1) is 13.6. The number of nitrogens with two attached hydrogens (primary N) is 1. The maximum Gasteiger partial charge on any atom is 0.152 e. The molecule has 0 atom stereocenters. The zero-order valence-electron chi connectivity index (χ0n) is 9.57. The van der Waals surface area contributed by atoms with E-state index in [0.29, 0.717) is 32.5 Å². The van der Waals surface area contributed by atoms with Crippen molar-refractivity contribution in [3.8, 4) is 0 Å². The van der Waals surface area contributed by atoms with Gasteiger partial charge >= 0.3 is 0 Å². The van der Waals surface area contributed by atoms with Gasteiger partial charge in [0, 0.05) is 25.9 Å². The summed E-state index contributed by atoms with van der Waals surface area (Å²) in [5.41, 5.74) is 5.18. The van der Waals surface area contributed by atoms with Gasteiger partial charge in [0.1, 0.15) is 9.84 Å². The molecule has 0 aliphatic carbocycles. The highest BCUT2D eigenvalue weighted by Crippen LogP contribution is 2.20. The van der Waals surface area contributed by atoms with Crippen LogP contribution in [0.25, 0.3) is 0 Å². The first-order valence-electron chi connectivity index (χ1n) is 5.41. The molecule has 94 valence electrons.